The monoisotopic (exact) mass is 498 g/mol. The van der Waals surface area contributed by atoms with Gasteiger partial charge in [0.2, 0.25) is 6.29 Å². The van der Waals surface area contributed by atoms with Crippen LogP contribution in [0.5, 0.6) is 5.75 Å². The molecule has 0 amide bonds. The fraction of sp³-hybridized carbons (Fsp3) is 0.357. The van der Waals surface area contributed by atoms with Crippen molar-refractivity contribution in [1.82, 2.24) is 4.98 Å². The van der Waals surface area contributed by atoms with Gasteiger partial charge in [-0.3, -0.25) is 0 Å². The van der Waals surface area contributed by atoms with Crippen molar-refractivity contribution in [1.29, 1.82) is 0 Å². The Bertz CT molecular complexity index is 793. The summed E-state index contributed by atoms with van der Waals surface area (Å²) >= 11 is 9.51. The van der Waals surface area contributed by atoms with Crippen molar-refractivity contribution in [2.75, 3.05) is 0 Å². The number of nitrogens with one attached hydrogen (secondary N) is 1. The minimum atomic E-state index is -1.78. The number of aromatic amines is 1. The molecule has 2 heterocycles. The Balaban J connectivity index is 0. The zero-order chi connectivity index (χ0) is 17.6. The maximum absolute atomic E-state index is 11.1. The molecule has 11 nitrogen and oxygen atoms in total. The molecule has 2 aromatic rings. The Hall–Kier alpha value is -0.480. The van der Waals surface area contributed by atoms with Crippen molar-refractivity contribution in [3.63, 3.8) is 0 Å². The number of hydrogen-bond acceptors (Lipinski definition) is 6. The molecule has 1 aromatic heterocycles. The summed E-state index contributed by atoms with van der Waals surface area (Å²) in [6, 6.07) is 3.48. The third-order valence-electron chi connectivity index (χ3n) is 3.76. The molecule has 5 atom stereocenters. The molecule has 0 unspecified atom stereocenters. The molecule has 1 radical (unpaired) electrons. The molecule has 0 aliphatic carbocycles. The minimum Gasteiger partial charge on any atom is -0.479 e. The van der Waals surface area contributed by atoms with Gasteiger partial charge in [-0.05, 0) is 28.1 Å². The predicted octanol–water partition coefficient (Wildman–Crippen LogP) is -2.00. The van der Waals surface area contributed by atoms with Gasteiger partial charge in [0.15, 0.2) is 6.10 Å². The molecule has 0 bridgehead atoms. The zero-order valence-corrected chi connectivity index (χ0v) is 18.7. The summed E-state index contributed by atoms with van der Waals surface area (Å²) in [5, 5.41) is 39.4. The molecule has 1 fully saturated rings. The maximum Gasteiger partial charge on any atom is 0.335 e. The topological polar surface area (TPSA) is 227 Å². The van der Waals surface area contributed by atoms with Crippen LogP contribution in [-0.2, 0) is 9.53 Å². The number of carboxylic acids is 1. The van der Waals surface area contributed by atoms with Crippen LogP contribution in [0.4, 0.5) is 0 Å². The number of ether oxygens (including phenoxy) is 2. The van der Waals surface area contributed by atoms with E-state index in [1.54, 1.807) is 12.1 Å². The summed E-state index contributed by atoms with van der Waals surface area (Å²) < 4.78 is 11.2. The van der Waals surface area contributed by atoms with Crippen LogP contribution in [0.15, 0.2) is 22.8 Å². The third-order valence-corrected chi connectivity index (χ3v) is 5.04. The van der Waals surface area contributed by atoms with Gasteiger partial charge >= 0.3 is 5.97 Å². The molecule has 1 aromatic carbocycles. The number of fused-ring (bicyclic) bond motifs is 1. The summed E-state index contributed by atoms with van der Waals surface area (Å²) in [5.41, 5.74) is 0.652. The van der Waals surface area contributed by atoms with Crippen LogP contribution in [0.2, 0.25) is 5.02 Å². The number of hydrogen-bond donors (Lipinski definition) is 5. The van der Waals surface area contributed by atoms with Gasteiger partial charge in [0.05, 0.1) is 15.9 Å². The first-order valence-electron chi connectivity index (χ1n) is 6.85. The van der Waals surface area contributed by atoms with Gasteiger partial charge in [-0.25, -0.2) is 4.79 Å². The molecule has 0 spiro atoms. The standard InChI is InChI=1S/C14H13BrClNO7.Na.3H2O/c15-4-1-2-5-7(8(4)16)6(3-17-5)23-14-11(20)9(18)10(19)12(24-14)13(21)22;;;;/h1-3,9-12,14,17-20H,(H,21,22);;3*1H2/t9-,10-,11+,12-,14+;;;;/m0..../s1. The molecule has 14 heteroatoms. The van der Waals surface area contributed by atoms with E-state index in [9.17, 15) is 20.1 Å². The molecular formula is C14H19BrClNNaO10. The van der Waals surface area contributed by atoms with Crippen LogP contribution in [-0.4, -0.2) is 108 Å². The molecule has 155 valence electrons. The molecule has 1 aliphatic rings. The summed E-state index contributed by atoms with van der Waals surface area (Å²) in [6.45, 7) is 0. The van der Waals surface area contributed by atoms with E-state index in [0.29, 0.717) is 20.4 Å². The van der Waals surface area contributed by atoms with Crippen molar-refractivity contribution in [2.45, 2.75) is 30.7 Å². The molecule has 3 rings (SSSR count). The van der Waals surface area contributed by atoms with Crippen LogP contribution in [0.3, 0.4) is 0 Å². The second kappa shape index (κ2) is 11.6. The minimum absolute atomic E-state index is 0. The number of carboxylic acid groups (broad SMARTS) is 1. The van der Waals surface area contributed by atoms with Crippen LogP contribution in [0.25, 0.3) is 10.9 Å². The number of H-pyrrole nitrogens is 1. The first kappa shape index (κ1) is 29.7. The Kier molecular flexibility index (Phi) is 12.4. The average Bonchev–Trinajstić information content (AvgIpc) is 2.94. The smallest absolute Gasteiger partial charge is 0.335 e. The molecule has 0 saturated carbocycles. The zero-order valence-electron chi connectivity index (χ0n) is 14.4. The fourth-order valence-corrected chi connectivity index (χ4v) is 3.08. The number of rotatable bonds is 3. The van der Waals surface area contributed by atoms with E-state index in [-0.39, 0.29) is 51.7 Å². The Morgan fingerprint density at radius 3 is 2.32 bits per heavy atom. The van der Waals surface area contributed by atoms with Crippen LogP contribution in [0.1, 0.15) is 0 Å². The Morgan fingerprint density at radius 1 is 1.14 bits per heavy atom. The van der Waals surface area contributed by atoms with Crippen molar-refractivity contribution < 1.29 is 51.1 Å². The van der Waals surface area contributed by atoms with Gasteiger partial charge in [0.25, 0.3) is 0 Å². The Labute approximate surface area is 193 Å². The van der Waals surface area contributed by atoms with Crippen LogP contribution < -0.4 is 4.74 Å². The van der Waals surface area contributed by atoms with Gasteiger partial charge < -0.3 is 51.3 Å². The van der Waals surface area contributed by atoms with Gasteiger partial charge in [0.1, 0.15) is 24.1 Å². The van der Waals surface area contributed by atoms with Crippen molar-refractivity contribution >= 4 is 74.0 Å². The summed E-state index contributed by atoms with van der Waals surface area (Å²) in [4.78, 5) is 14.0. The number of carbonyl (C=O) groups is 1. The van der Waals surface area contributed by atoms with E-state index in [1.807, 2.05) is 0 Å². The van der Waals surface area contributed by atoms with Crippen LogP contribution >= 0.6 is 27.5 Å². The van der Waals surface area contributed by atoms with E-state index >= 15 is 0 Å². The number of aliphatic hydroxyl groups excluding tert-OH is 3. The number of benzene rings is 1. The maximum atomic E-state index is 11.1. The van der Waals surface area contributed by atoms with Crippen molar-refractivity contribution in [3.8, 4) is 5.75 Å². The predicted molar refractivity (Wildman–Crippen MR) is 103 cm³/mol. The normalized spacial score (nSPS) is 26.1. The quantitative estimate of drug-likeness (QED) is 0.298. The SMILES string of the molecule is O.O.O.O=C(O)[C@H]1O[C@@H](Oc2c[nH]c3ccc(Br)c(Cl)c23)[C@H](O)[C@@H](O)[C@@H]1O.[Na]. The van der Waals surface area contributed by atoms with Crippen molar-refractivity contribution in [2.24, 2.45) is 0 Å². The number of halogens is 2. The van der Waals surface area contributed by atoms with E-state index in [0.717, 1.165) is 0 Å². The molecule has 1 saturated heterocycles. The summed E-state index contributed by atoms with van der Waals surface area (Å²) in [6.07, 6.45) is -6.94. The third kappa shape index (κ3) is 5.36. The molecule has 11 N–H and O–H groups in total. The van der Waals surface area contributed by atoms with E-state index in [2.05, 4.69) is 20.9 Å². The summed E-state index contributed by atoms with van der Waals surface area (Å²) in [7, 11) is 0. The van der Waals surface area contributed by atoms with Crippen molar-refractivity contribution in [3.05, 3.63) is 27.8 Å². The first-order valence-corrected chi connectivity index (χ1v) is 8.02. The fourth-order valence-electron chi connectivity index (χ4n) is 2.49. The molecular weight excluding hydrogens is 480 g/mol. The van der Waals surface area contributed by atoms with E-state index in [1.165, 1.54) is 6.20 Å². The van der Waals surface area contributed by atoms with E-state index < -0.39 is 36.7 Å². The summed E-state index contributed by atoms with van der Waals surface area (Å²) in [5.74, 6) is -1.28. The van der Waals surface area contributed by atoms with Gasteiger partial charge in [-0.2, -0.15) is 0 Å². The van der Waals surface area contributed by atoms with Crippen LogP contribution in [0, 0.1) is 0 Å². The Morgan fingerprint density at radius 2 is 1.75 bits per heavy atom. The second-order valence-corrected chi connectivity index (χ2v) is 6.52. The second-order valence-electron chi connectivity index (χ2n) is 5.29. The average molecular weight is 500 g/mol. The number of aliphatic hydroxyl groups is 3. The number of aromatic nitrogens is 1. The molecule has 28 heavy (non-hydrogen) atoms. The largest absolute Gasteiger partial charge is 0.479 e. The number of aliphatic carboxylic acids is 1. The first-order chi connectivity index (χ1) is 11.3. The van der Waals surface area contributed by atoms with Gasteiger partial charge in [-0.15, -0.1) is 0 Å². The van der Waals surface area contributed by atoms with Gasteiger partial charge in [0, 0.05) is 40.2 Å². The van der Waals surface area contributed by atoms with E-state index in [4.69, 9.17) is 26.2 Å². The molecule has 1 aliphatic heterocycles. The van der Waals surface area contributed by atoms with Gasteiger partial charge in [-0.1, -0.05) is 11.6 Å².